The smallest absolute Gasteiger partial charge is 0.203 e. The first-order valence-corrected chi connectivity index (χ1v) is 6.53. The van der Waals surface area contributed by atoms with Crippen molar-refractivity contribution in [2.24, 2.45) is 0 Å². The molecule has 1 heterocycles. The molecule has 1 aromatic carbocycles. The van der Waals surface area contributed by atoms with Crippen molar-refractivity contribution >= 4 is 17.1 Å². The zero-order chi connectivity index (χ0) is 13.8. The van der Waals surface area contributed by atoms with Gasteiger partial charge in [-0.05, 0) is 24.6 Å². The molecule has 1 atom stereocenters. The SMILES string of the molecule is COc1cccc(C(C#N)C(=O)c2csc(C)n2)c1. The van der Waals surface area contributed by atoms with Gasteiger partial charge in [-0.15, -0.1) is 11.3 Å². The van der Waals surface area contributed by atoms with E-state index in [0.717, 1.165) is 5.01 Å². The number of ketones is 1. The molecular weight excluding hydrogens is 260 g/mol. The normalized spacial score (nSPS) is 11.6. The Hall–Kier alpha value is -2.19. The summed E-state index contributed by atoms with van der Waals surface area (Å²) >= 11 is 1.40. The van der Waals surface area contributed by atoms with Crippen LogP contribution in [0.25, 0.3) is 0 Å². The molecule has 0 fully saturated rings. The van der Waals surface area contributed by atoms with E-state index in [-0.39, 0.29) is 5.78 Å². The predicted octanol–water partition coefficient (Wildman–Crippen LogP) is 2.95. The highest BCUT2D eigenvalue weighted by molar-refractivity contribution is 7.09. The largest absolute Gasteiger partial charge is 0.497 e. The van der Waals surface area contributed by atoms with E-state index in [9.17, 15) is 10.1 Å². The minimum Gasteiger partial charge on any atom is -0.497 e. The number of ether oxygens (including phenoxy) is 1. The summed E-state index contributed by atoms with van der Waals surface area (Å²) in [5.41, 5.74) is 0.967. The van der Waals surface area contributed by atoms with Gasteiger partial charge in [0, 0.05) is 5.38 Å². The van der Waals surface area contributed by atoms with Crippen molar-refractivity contribution in [1.29, 1.82) is 5.26 Å². The van der Waals surface area contributed by atoms with E-state index < -0.39 is 5.92 Å². The third-order valence-electron chi connectivity index (χ3n) is 2.69. The quantitative estimate of drug-likeness (QED) is 0.803. The summed E-state index contributed by atoms with van der Waals surface area (Å²) in [4.78, 5) is 16.4. The van der Waals surface area contributed by atoms with Crippen LogP contribution in [0.2, 0.25) is 0 Å². The summed E-state index contributed by atoms with van der Waals surface area (Å²) in [6.45, 7) is 1.83. The molecule has 0 aliphatic carbocycles. The molecule has 0 spiro atoms. The number of nitriles is 1. The Morgan fingerprint density at radius 2 is 2.32 bits per heavy atom. The standard InChI is InChI=1S/C14H12N2O2S/c1-9-16-13(8-19-9)14(17)12(7-15)10-4-3-5-11(6-10)18-2/h3-6,8,12H,1-2H3. The third kappa shape index (κ3) is 2.80. The zero-order valence-corrected chi connectivity index (χ0v) is 11.4. The van der Waals surface area contributed by atoms with Gasteiger partial charge >= 0.3 is 0 Å². The Bertz CT molecular complexity index is 643. The zero-order valence-electron chi connectivity index (χ0n) is 10.6. The second-order valence-corrected chi connectivity index (χ2v) is 5.02. The summed E-state index contributed by atoms with van der Waals surface area (Å²) in [5.74, 6) is -0.503. The Morgan fingerprint density at radius 3 is 2.89 bits per heavy atom. The molecule has 4 nitrogen and oxygen atoms in total. The van der Waals surface area contributed by atoms with E-state index in [1.807, 2.05) is 13.0 Å². The van der Waals surface area contributed by atoms with Crippen LogP contribution in [0.1, 0.15) is 27.0 Å². The van der Waals surface area contributed by atoms with Crippen molar-refractivity contribution in [2.45, 2.75) is 12.8 Å². The molecule has 19 heavy (non-hydrogen) atoms. The van der Waals surface area contributed by atoms with Gasteiger partial charge < -0.3 is 4.74 Å². The number of hydrogen-bond acceptors (Lipinski definition) is 5. The number of nitrogens with zero attached hydrogens (tertiary/aromatic N) is 2. The van der Waals surface area contributed by atoms with Crippen molar-refractivity contribution in [3.63, 3.8) is 0 Å². The van der Waals surface area contributed by atoms with Crippen molar-refractivity contribution in [2.75, 3.05) is 7.11 Å². The number of aryl methyl sites for hydroxylation is 1. The molecule has 0 saturated heterocycles. The maximum atomic E-state index is 12.3. The van der Waals surface area contributed by atoms with Crippen LogP contribution in [0.15, 0.2) is 29.6 Å². The molecule has 1 aromatic heterocycles. The Kier molecular flexibility index (Phi) is 3.93. The van der Waals surface area contributed by atoms with Crippen LogP contribution >= 0.6 is 11.3 Å². The van der Waals surface area contributed by atoms with Crippen LogP contribution in [0.3, 0.4) is 0 Å². The number of carbonyl (C=O) groups is 1. The summed E-state index contributed by atoms with van der Waals surface area (Å²) in [7, 11) is 1.55. The predicted molar refractivity (Wildman–Crippen MR) is 72.5 cm³/mol. The molecule has 5 heteroatoms. The molecule has 2 rings (SSSR count). The fraction of sp³-hybridized carbons (Fsp3) is 0.214. The van der Waals surface area contributed by atoms with Crippen LogP contribution < -0.4 is 4.74 Å². The van der Waals surface area contributed by atoms with Gasteiger partial charge in [-0.3, -0.25) is 4.79 Å². The van der Waals surface area contributed by atoms with Gasteiger partial charge in [0.15, 0.2) is 0 Å². The summed E-state index contributed by atoms with van der Waals surface area (Å²) in [6, 6.07) is 9.01. The second-order valence-electron chi connectivity index (χ2n) is 3.95. The summed E-state index contributed by atoms with van der Waals surface area (Å²) in [5, 5.41) is 11.7. The molecule has 0 bridgehead atoms. The number of aromatic nitrogens is 1. The van der Waals surface area contributed by atoms with E-state index in [1.165, 1.54) is 11.3 Å². The average Bonchev–Trinajstić information content (AvgIpc) is 2.86. The molecule has 96 valence electrons. The minimum atomic E-state index is -0.850. The van der Waals surface area contributed by atoms with Crippen molar-refractivity contribution in [3.8, 4) is 11.8 Å². The lowest BCUT2D eigenvalue weighted by Gasteiger charge is -2.08. The molecule has 0 amide bonds. The lowest BCUT2D eigenvalue weighted by Crippen LogP contribution is -2.11. The first-order chi connectivity index (χ1) is 9.15. The number of carbonyl (C=O) groups excluding carboxylic acids is 1. The van der Waals surface area contributed by atoms with Crippen molar-refractivity contribution < 1.29 is 9.53 Å². The fourth-order valence-corrected chi connectivity index (χ4v) is 2.33. The van der Waals surface area contributed by atoms with Crippen molar-refractivity contribution in [3.05, 3.63) is 45.9 Å². The van der Waals surface area contributed by atoms with Crippen LogP contribution in [0.5, 0.6) is 5.75 Å². The second kappa shape index (κ2) is 5.63. The molecule has 0 saturated carbocycles. The Morgan fingerprint density at radius 1 is 1.53 bits per heavy atom. The first-order valence-electron chi connectivity index (χ1n) is 5.65. The van der Waals surface area contributed by atoms with Gasteiger partial charge in [0.05, 0.1) is 18.2 Å². The molecule has 0 aliphatic rings. The van der Waals surface area contributed by atoms with Crippen LogP contribution in [-0.2, 0) is 0 Å². The van der Waals surface area contributed by atoms with Gasteiger partial charge in [-0.2, -0.15) is 5.26 Å². The lowest BCUT2D eigenvalue weighted by molar-refractivity contribution is 0.0974. The summed E-state index contributed by atoms with van der Waals surface area (Å²) < 4.78 is 5.10. The fourth-order valence-electron chi connectivity index (χ4n) is 1.73. The number of Topliss-reactive ketones (excluding diaryl/α,β-unsaturated/α-hetero) is 1. The van der Waals surface area contributed by atoms with Crippen molar-refractivity contribution in [1.82, 2.24) is 4.98 Å². The maximum Gasteiger partial charge on any atom is 0.203 e. The lowest BCUT2D eigenvalue weighted by atomic mass is 9.94. The highest BCUT2D eigenvalue weighted by Crippen LogP contribution is 2.24. The number of thiazole rings is 1. The maximum absolute atomic E-state index is 12.3. The van der Waals surface area contributed by atoms with Crippen LogP contribution in [-0.4, -0.2) is 17.9 Å². The molecule has 0 radical (unpaired) electrons. The Balaban J connectivity index is 2.34. The van der Waals surface area contributed by atoms with Gasteiger partial charge in [-0.25, -0.2) is 4.98 Å². The van der Waals surface area contributed by atoms with E-state index >= 15 is 0 Å². The molecule has 0 aliphatic heterocycles. The molecular formula is C14H12N2O2S. The summed E-state index contributed by atoms with van der Waals surface area (Å²) in [6.07, 6.45) is 0. The van der Waals surface area contributed by atoms with Crippen LogP contribution in [0, 0.1) is 18.3 Å². The molecule has 0 N–H and O–H groups in total. The third-order valence-corrected chi connectivity index (χ3v) is 3.46. The van der Waals surface area contributed by atoms with E-state index in [2.05, 4.69) is 4.98 Å². The average molecular weight is 272 g/mol. The monoisotopic (exact) mass is 272 g/mol. The van der Waals surface area contributed by atoms with E-state index in [4.69, 9.17) is 4.74 Å². The van der Waals surface area contributed by atoms with Gasteiger partial charge in [-0.1, -0.05) is 12.1 Å². The highest BCUT2D eigenvalue weighted by atomic mass is 32.1. The molecule has 1 unspecified atom stereocenters. The van der Waals surface area contributed by atoms with E-state index in [1.54, 1.807) is 36.8 Å². The highest BCUT2D eigenvalue weighted by Gasteiger charge is 2.24. The van der Waals surface area contributed by atoms with Gasteiger partial charge in [0.1, 0.15) is 17.4 Å². The van der Waals surface area contributed by atoms with Gasteiger partial charge in [0.25, 0.3) is 0 Å². The number of methoxy groups -OCH3 is 1. The first kappa shape index (κ1) is 13.2. The topological polar surface area (TPSA) is 63.0 Å². The number of hydrogen-bond donors (Lipinski definition) is 0. The minimum absolute atomic E-state index is 0.278. The molecule has 2 aromatic rings. The van der Waals surface area contributed by atoms with E-state index in [0.29, 0.717) is 17.0 Å². The Labute approximate surface area is 115 Å². The van der Waals surface area contributed by atoms with Crippen LogP contribution in [0.4, 0.5) is 0 Å². The number of benzene rings is 1. The van der Waals surface area contributed by atoms with Gasteiger partial charge in [0.2, 0.25) is 5.78 Å². The number of rotatable bonds is 4.